The van der Waals surface area contributed by atoms with Gasteiger partial charge in [-0.1, -0.05) is 12.1 Å². The number of carboxylic acids is 1. The van der Waals surface area contributed by atoms with Crippen LogP contribution in [0.3, 0.4) is 0 Å². The first-order chi connectivity index (χ1) is 32.5. The quantitative estimate of drug-likeness (QED) is 0.0529. The summed E-state index contributed by atoms with van der Waals surface area (Å²) in [4.78, 5) is 107. The monoisotopic (exact) mass is 951 g/mol. The SMILES string of the molecule is COc1cccc2c1C(=O)c1c(O)c3c(c(O)c1C2=O)C[C@@](O)(C(=O)NCCNC(=O)[C@@H](CCC(=O)O)NC(=O)CCN1C(=O)CCC1=O)CC3O[C@H]1C[C@H]2[C@H](O[C@@H]3[C@@H](OC)OCCN32)[C@H](C)O1. The number of ketones is 2. The molecule has 0 bridgehead atoms. The number of benzene rings is 2. The zero-order valence-electron chi connectivity index (χ0n) is 37.4. The molecule has 0 saturated carbocycles. The minimum Gasteiger partial charge on any atom is -0.507 e. The smallest absolute Gasteiger partial charge is 0.303 e. The molecule has 2 aromatic carbocycles. The van der Waals surface area contributed by atoms with Gasteiger partial charge in [-0.2, -0.15) is 0 Å². The summed E-state index contributed by atoms with van der Waals surface area (Å²) in [7, 11) is 2.81. The first-order valence-corrected chi connectivity index (χ1v) is 22.3. The Kier molecular flexibility index (Phi) is 13.9. The van der Waals surface area contributed by atoms with E-state index in [2.05, 4.69) is 20.9 Å². The molecule has 8 rings (SSSR count). The van der Waals surface area contributed by atoms with Crippen LogP contribution in [0.25, 0.3) is 0 Å². The number of likely N-dealkylation sites (tertiary alicyclic amines) is 1. The number of imide groups is 1. The maximum absolute atomic E-state index is 14.2. The van der Waals surface area contributed by atoms with Crippen molar-refractivity contribution in [1.82, 2.24) is 25.8 Å². The lowest BCUT2D eigenvalue weighted by Gasteiger charge is -2.43. The van der Waals surface area contributed by atoms with E-state index in [1.165, 1.54) is 32.4 Å². The lowest BCUT2D eigenvalue weighted by atomic mass is 9.72. The highest BCUT2D eigenvalue weighted by molar-refractivity contribution is 6.31. The number of hydrogen-bond acceptors (Lipinski definition) is 18. The molecular formula is C45H53N5O18. The number of fused-ring (bicyclic) bond motifs is 6. The molecule has 4 fully saturated rings. The number of ether oxygens (including phenoxy) is 6. The Balaban J connectivity index is 1.01. The lowest BCUT2D eigenvalue weighted by molar-refractivity contribution is -0.256. The molecule has 1 unspecified atom stereocenters. The van der Waals surface area contributed by atoms with Crippen molar-refractivity contribution < 1.29 is 87.2 Å². The van der Waals surface area contributed by atoms with Crippen LogP contribution in [0.5, 0.6) is 17.2 Å². The van der Waals surface area contributed by atoms with Crippen molar-refractivity contribution in [2.75, 3.05) is 47.0 Å². The predicted molar refractivity (Wildman–Crippen MR) is 227 cm³/mol. The van der Waals surface area contributed by atoms with Crippen molar-refractivity contribution >= 4 is 47.1 Å². The van der Waals surface area contributed by atoms with Gasteiger partial charge in [-0.15, -0.1) is 0 Å². The second-order valence-corrected chi connectivity index (χ2v) is 17.5. The fourth-order valence-corrected chi connectivity index (χ4v) is 10.0. The number of carbonyl (C=O) groups is 8. The van der Waals surface area contributed by atoms with Crippen LogP contribution in [-0.4, -0.2) is 173 Å². The summed E-state index contributed by atoms with van der Waals surface area (Å²) in [6, 6.07) is 2.71. The summed E-state index contributed by atoms with van der Waals surface area (Å²) in [6.07, 6.45) is -6.83. The topological polar surface area (TPSA) is 315 Å². The summed E-state index contributed by atoms with van der Waals surface area (Å²) in [6.45, 7) is 1.83. The van der Waals surface area contributed by atoms with Gasteiger partial charge in [0.15, 0.2) is 24.6 Å². The van der Waals surface area contributed by atoms with Gasteiger partial charge < -0.3 is 64.8 Å². The summed E-state index contributed by atoms with van der Waals surface area (Å²) < 4.78 is 35.8. The first kappa shape index (κ1) is 48.4. The Bertz CT molecular complexity index is 2410. The number of methoxy groups -OCH3 is 2. The Labute approximate surface area is 388 Å². The molecule has 2 aliphatic carbocycles. The molecule has 2 aromatic rings. The normalized spacial score (nSPS) is 27.9. The largest absolute Gasteiger partial charge is 0.507 e. The van der Waals surface area contributed by atoms with Gasteiger partial charge in [-0.25, -0.2) is 0 Å². The van der Waals surface area contributed by atoms with Crippen molar-refractivity contribution in [3.63, 3.8) is 0 Å². The van der Waals surface area contributed by atoms with E-state index in [0.717, 1.165) is 4.90 Å². The van der Waals surface area contributed by atoms with Crippen LogP contribution in [0.4, 0.5) is 0 Å². The number of nitrogens with zero attached hydrogens (tertiary/aromatic N) is 2. The number of aromatic hydroxyl groups is 2. The van der Waals surface area contributed by atoms with Gasteiger partial charge >= 0.3 is 5.97 Å². The number of hydrogen-bond donors (Lipinski definition) is 7. The van der Waals surface area contributed by atoms with Gasteiger partial charge in [0.05, 0.1) is 42.6 Å². The van der Waals surface area contributed by atoms with Crippen LogP contribution in [0.15, 0.2) is 18.2 Å². The number of carboxylic acid groups (broad SMARTS) is 1. The fourth-order valence-electron chi connectivity index (χ4n) is 10.0. The summed E-state index contributed by atoms with van der Waals surface area (Å²) in [5, 5.41) is 53.1. The second-order valence-electron chi connectivity index (χ2n) is 17.5. The molecule has 7 N–H and O–H groups in total. The second kappa shape index (κ2) is 19.5. The highest BCUT2D eigenvalue weighted by atomic mass is 16.7. The number of aliphatic hydroxyl groups is 1. The highest BCUT2D eigenvalue weighted by Gasteiger charge is 2.55. The molecule has 6 aliphatic rings. The molecule has 23 heteroatoms. The maximum atomic E-state index is 14.2. The van der Waals surface area contributed by atoms with Crippen LogP contribution in [0.1, 0.15) is 101 Å². The first-order valence-electron chi connectivity index (χ1n) is 22.3. The van der Waals surface area contributed by atoms with Gasteiger partial charge in [0.1, 0.15) is 35.0 Å². The number of aliphatic carboxylic acids is 1. The third-order valence-corrected chi connectivity index (χ3v) is 13.3. The van der Waals surface area contributed by atoms with Gasteiger partial charge in [-0.3, -0.25) is 48.2 Å². The molecule has 4 heterocycles. The minimum atomic E-state index is -2.42. The molecule has 4 aliphatic heterocycles. The Morgan fingerprint density at radius 3 is 2.37 bits per heavy atom. The van der Waals surface area contributed by atoms with E-state index in [9.17, 15) is 58.8 Å². The summed E-state index contributed by atoms with van der Waals surface area (Å²) in [5.41, 5.74) is -4.10. The Hall–Kier alpha value is -6.08. The van der Waals surface area contributed by atoms with E-state index in [0.29, 0.717) is 13.2 Å². The Morgan fingerprint density at radius 2 is 1.66 bits per heavy atom. The van der Waals surface area contributed by atoms with Crippen molar-refractivity contribution in [3.8, 4) is 17.2 Å². The van der Waals surface area contributed by atoms with Crippen LogP contribution in [-0.2, 0) is 58.9 Å². The third-order valence-electron chi connectivity index (χ3n) is 13.3. The van der Waals surface area contributed by atoms with Gasteiger partial charge in [0.2, 0.25) is 29.4 Å². The zero-order valence-corrected chi connectivity index (χ0v) is 37.4. The van der Waals surface area contributed by atoms with Crippen molar-refractivity contribution in [2.24, 2.45) is 0 Å². The van der Waals surface area contributed by atoms with Crippen molar-refractivity contribution in [3.05, 3.63) is 51.6 Å². The number of rotatable bonds is 16. The molecule has 68 heavy (non-hydrogen) atoms. The molecule has 366 valence electrons. The maximum Gasteiger partial charge on any atom is 0.303 e. The van der Waals surface area contributed by atoms with E-state index in [1.54, 1.807) is 6.92 Å². The summed E-state index contributed by atoms with van der Waals surface area (Å²) >= 11 is 0. The molecule has 0 spiro atoms. The van der Waals surface area contributed by atoms with Gasteiger partial charge in [0.25, 0.3) is 5.91 Å². The number of nitrogens with one attached hydrogen (secondary N) is 3. The van der Waals surface area contributed by atoms with E-state index >= 15 is 0 Å². The molecule has 5 amide bonds. The summed E-state index contributed by atoms with van der Waals surface area (Å²) in [5.74, 6) is -7.68. The third kappa shape index (κ3) is 9.01. The number of amides is 5. The van der Waals surface area contributed by atoms with Crippen molar-refractivity contribution in [1.29, 1.82) is 0 Å². The Morgan fingerprint density at radius 1 is 0.941 bits per heavy atom. The van der Waals surface area contributed by atoms with E-state index in [4.69, 9.17) is 28.4 Å². The van der Waals surface area contributed by atoms with Gasteiger partial charge in [0, 0.05) is 101 Å². The standard InChI is InChI=1S/C45H53N5O18/c1-20-40-24(49-15-16-65-43(64-3)42(49)68-40)17-31(66-20)67-26-19-45(62,18-22-33(26)39(59)35-34(37(22)57)36(56)21-5-4-6-25(63-2)32(21)38(35)58)44(61)47-13-12-46-41(60)23(7-10-30(54)55)48-27(51)11-14-50-28(52)8-9-29(50)53/h4-6,20,23-24,26,31,40,42-43,57,59,62H,7-19H2,1-3H3,(H,46,60)(H,47,61)(H,48,51)(H,54,55)/t20-,23+,24-,26?,31-,40+,42+,43-,45-/m0/s1. The predicted octanol–water partition coefficient (Wildman–Crippen LogP) is -0.729. The average molecular weight is 952 g/mol. The number of phenols is 2. The van der Waals surface area contributed by atoms with Crippen LogP contribution in [0.2, 0.25) is 0 Å². The number of morpholine rings is 1. The number of phenolic OH excluding ortho intramolecular Hbond substituents is 2. The van der Waals surface area contributed by atoms with Crippen LogP contribution < -0.4 is 20.7 Å². The molecule has 23 nitrogen and oxygen atoms in total. The van der Waals surface area contributed by atoms with Crippen LogP contribution >= 0.6 is 0 Å². The molecule has 4 saturated heterocycles. The fraction of sp³-hybridized carbons (Fsp3) is 0.556. The molecule has 0 aromatic heterocycles. The number of carbonyl (C=O) groups excluding carboxylic acids is 7. The molecular weight excluding hydrogens is 899 g/mol. The van der Waals surface area contributed by atoms with Crippen LogP contribution in [0, 0.1) is 0 Å². The molecule has 0 radical (unpaired) electrons. The average Bonchev–Trinajstić information content (AvgIpc) is 3.86. The molecule has 9 atom stereocenters. The minimum absolute atomic E-state index is 0.0283. The van der Waals surface area contributed by atoms with Crippen molar-refractivity contribution in [2.45, 2.75) is 113 Å². The zero-order chi connectivity index (χ0) is 48.8. The highest BCUT2D eigenvalue weighted by Crippen LogP contribution is 2.53. The van der Waals surface area contributed by atoms with E-state index < -0.39 is 138 Å². The van der Waals surface area contributed by atoms with E-state index in [1.807, 2.05) is 0 Å². The van der Waals surface area contributed by atoms with Gasteiger partial charge in [-0.05, 0) is 19.4 Å². The lowest BCUT2D eigenvalue weighted by Crippen LogP contribution is -2.55. The van der Waals surface area contributed by atoms with E-state index in [-0.39, 0.29) is 85.8 Å².